The van der Waals surface area contributed by atoms with Crippen LogP contribution < -0.4 is 5.56 Å². The van der Waals surface area contributed by atoms with Crippen LogP contribution in [0.25, 0.3) is 16.0 Å². The van der Waals surface area contributed by atoms with Crippen LogP contribution in [0.4, 0.5) is 0 Å². The molecule has 3 aromatic heterocycles. The number of thioether (sulfide) groups is 1. The Morgan fingerprint density at radius 1 is 0.938 bits per heavy atom. The van der Waals surface area contributed by atoms with Gasteiger partial charge in [-0.25, -0.2) is 14.1 Å². The zero-order valence-corrected chi connectivity index (χ0v) is 19.2. The highest BCUT2D eigenvalue weighted by Crippen LogP contribution is 2.34. The van der Waals surface area contributed by atoms with Gasteiger partial charge in [-0.2, -0.15) is 0 Å². The largest absolute Gasteiger partial charge is 0.270 e. The molecule has 0 bridgehead atoms. The number of thiophene rings is 1. The van der Waals surface area contributed by atoms with E-state index in [4.69, 9.17) is 10.1 Å². The normalized spacial score (nSPS) is 13.6. The lowest BCUT2D eigenvalue weighted by Crippen LogP contribution is -2.17. The summed E-state index contributed by atoms with van der Waals surface area (Å²) in [6.45, 7) is 0.583. The predicted octanol–water partition coefficient (Wildman–Crippen LogP) is 5.33. The second-order valence-electron chi connectivity index (χ2n) is 8.14. The smallest absolute Gasteiger partial charge is 0.268 e. The van der Waals surface area contributed by atoms with Crippen LogP contribution in [0, 0.1) is 0 Å². The molecule has 0 N–H and O–H groups in total. The lowest BCUT2D eigenvalue weighted by Gasteiger charge is -2.09. The van der Waals surface area contributed by atoms with Crippen molar-refractivity contribution in [2.45, 2.75) is 43.1 Å². The third kappa shape index (κ3) is 3.45. The van der Waals surface area contributed by atoms with Crippen molar-refractivity contribution in [3.8, 4) is 0 Å². The Labute approximate surface area is 193 Å². The van der Waals surface area contributed by atoms with E-state index in [0.717, 1.165) is 40.8 Å². The van der Waals surface area contributed by atoms with Crippen LogP contribution in [-0.2, 0) is 25.1 Å². The highest BCUT2D eigenvalue weighted by molar-refractivity contribution is 7.98. The molecule has 0 aliphatic heterocycles. The van der Waals surface area contributed by atoms with Crippen LogP contribution in [0.1, 0.15) is 34.4 Å². The molecule has 0 amide bonds. The van der Waals surface area contributed by atoms with Crippen LogP contribution in [0.2, 0.25) is 0 Å². The first-order valence-electron chi connectivity index (χ1n) is 10.9. The van der Waals surface area contributed by atoms with Gasteiger partial charge in [-0.1, -0.05) is 72.4 Å². The summed E-state index contributed by atoms with van der Waals surface area (Å²) in [4.78, 5) is 21.0. The lowest BCUT2D eigenvalue weighted by molar-refractivity contribution is 0.681. The second kappa shape index (κ2) is 8.22. The van der Waals surface area contributed by atoms with E-state index in [1.165, 1.54) is 22.4 Å². The Hall–Kier alpha value is -2.90. The van der Waals surface area contributed by atoms with E-state index in [-0.39, 0.29) is 5.56 Å². The molecule has 160 valence electrons. The van der Waals surface area contributed by atoms with Gasteiger partial charge in [0.25, 0.3) is 5.56 Å². The molecule has 1 aliphatic carbocycles. The molecule has 0 atom stereocenters. The third-order valence-corrected chi connectivity index (χ3v) is 8.17. The molecule has 2 aromatic carbocycles. The molecule has 5 nitrogen and oxygen atoms in total. The van der Waals surface area contributed by atoms with Crippen molar-refractivity contribution in [2.24, 2.45) is 0 Å². The van der Waals surface area contributed by atoms with Gasteiger partial charge in [-0.15, -0.1) is 16.4 Å². The first-order chi connectivity index (χ1) is 15.8. The molecule has 3 heterocycles. The van der Waals surface area contributed by atoms with E-state index in [1.54, 1.807) is 27.5 Å². The number of aryl methyl sites for hydroxylation is 2. The number of benzene rings is 2. The minimum absolute atomic E-state index is 0.0271. The van der Waals surface area contributed by atoms with Gasteiger partial charge in [0.15, 0.2) is 5.16 Å². The fraction of sp³-hybridized carbons (Fsp3) is 0.240. The van der Waals surface area contributed by atoms with Crippen molar-refractivity contribution < 1.29 is 0 Å². The van der Waals surface area contributed by atoms with Crippen LogP contribution in [0.15, 0.2) is 70.6 Å². The summed E-state index contributed by atoms with van der Waals surface area (Å²) in [5.41, 5.74) is 3.59. The molecule has 0 saturated carbocycles. The maximum Gasteiger partial charge on any atom is 0.270 e. The molecule has 0 radical (unpaired) electrons. The summed E-state index contributed by atoms with van der Waals surface area (Å²) < 4.78 is 3.61. The Bertz CT molecular complexity index is 1470. The first kappa shape index (κ1) is 19.8. The molecule has 0 saturated heterocycles. The van der Waals surface area contributed by atoms with Crippen LogP contribution in [0.3, 0.4) is 0 Å². The average molecular weight is 459 g/mol. The standard InChI is InChI=1S/C25H22N4OS2/c30-23-21-19-13-7-8-14-20(19)32-22(21)26-24-28(15-17-9-3-1-4-10-17)27-25(29(23)24)31-16-18-11-5-2-6-12-18/h1-6,9-12H,7-8,13-16H2. The van der Waals surface area contributed by atoms with E-state index in [1.807, 2.05) is 41.1 Å². The summed E-state index contributed by atoms with van der Waals surface area (Å²) in [6.07, 6.45) is 4.37. The van der Waals surface area contributed by atoms with Crippen molar-refractivity contribution in [1.29, 1.82) is 0 Å². The Morgan fingerprint density at radius 3 is 2.44 bits per heavy atom. The van der Waals surface area contributed by atoms with Gasteiger partial charge in [-0.3, -0.25) is 4.79 Å². The Kier molecular flexibility index (Phi) is 5.08. The predicted molar refractivity (Wildman–Crippen MR) is 131 cm³/mol. The molecule has 7 heteroatoms. The van der Waals surface area contributed by atoms with Crippen molar-refractivity contribution in [3.05, 3.63) is 92.6 Å². The van der Waals surface area contributed by atoms with Gasteiger partial charge in [0, 0.05) is 10.6 Å². The van der Waals surface area contributed by atoms with E-state index in [2.05, 4.69) is 24.3 Å². The van der Waals surface area contributed by atoms with Crippen molar-refractivity contribution in [3.63, 3.8) is 0 Å². The van der Waals surface area contributed by atoms with Gasteiger partial charge >= 0.3 is 0 Å². The molecule has 32 heavy (non-hydrogen) atoms. The van der Waals surface area contributed by atoms with Crippen molar-refractivity contribution >= 4 is 39.1 Å². The van der Waals surface area contributed by atoms with Gasteiger partial charge in [-0.05, 0) is 42.4 Å². The number of aromatic nitrogens is 4. The molecule has 0 fully saturated rings. The zero-order valence-electron chi connectivity index (χ0n) is 17.5. The summed E-state index contributed by atoms with van der Waals surface area (Å²) >= 11 is 3.28. The third-order valence-electron chi connectivity index (χ3n) is 5.99. The Morgan fingerprint density at radius 2 is 1.66 bits per heavy atom. The van der Waals surface area contributed by atoms with Crippen molar-refractivity contribution in [2.75, 3.05) is 0 Å². The monoisotopic (exact) mass is 458 g/mol. The van der Waals surface area contributed by atoms with Gasteiger partial charge in [0.2, 0.25) is 5.78 Å². The van der Waals surface area contributed by atoms with E-state index >= 15 is 0 Å². The SMILES string of the molecule is O=c1c2c3c(sc2nc2n(Cc4ccccc4)nc(SCc4ccccc4)n12)CCCC3. The molecule has 6 rings (SSSR count). The highest BCUT2D eigenvalue weighted by Gasteiger charge is 2.23. The molecular formula is C25H22N4OS2. The van der Waals surface area contributed by atoms with E-state index in [9.17, 15) is 4.79 Å². The maximum absolute atomic E-state index is 13.8. The van der Waals surface area contributed by atoms with E-state index in [0.29, 0.717) is 17.5 Å². The number of rotatable bonds is 5. The fourth-order valence-electron chi connectivity index (χ4n) is 4.41. The zero-order chi connectivity index (χ0) is 21.5. The van der Waals surface area contributed by atoms with Crippen molar-refractivity contribution in [1.82, 2.24) is 19.2 Å². The van der Waals surface area contributed by atoms with Gasteiger partial charge in [0.1, 0.15) is 4.83 Å². The Balaban J connectivity index is 1.52. The first-order valence-corrected chi connectivity index (χ1v) is 12.7. The fourth-order valence-corrected chi connectivity index (χ4v) is 6.60. The maximum atomic E-state index is 13.8. The molecule has 5 aromatic rings. The molecule has 0 unspecified atom stereocenters. The number of nitrogens with zero attached hydrogens (tertiary/aromatic N) is 4. The quantitative estimate of drug-likeness (QED) is 0.334. The van der Waals surface area contributed by atoms with Crippen LogP contribution in [0.5, 0.6) is 0 Å². The minimum atomic E-state index is 0.0271. The molecular weight excluding hydrogens is 436 g/mol. The van der Waals surface area contributed by atoms with Gasteiger partial charge < -0.3 is 0 Å². The van der Waals surface area contributed by atoms with Crippen LogP contribution >= 0.6 is 23.1 Å². The highest BCUT2D eigenvalue weighted by atomic mass is 32.2. The van der Waals surface area contributed by atoms with Gasteiger partial charge in [0.05, 0.1) is 11.9 Å². The molecule has 1 aliphatic rings. The van der Waals surface area contributed by atoms with E-state index < -0.39 is 0 Å². The number of hydrogen-bond acceptors (Lipinski definition) is 5. The average Bonchev–Trinajstić information content (AvgIpc) is 3.38. The summed E-state index contributed by atoms with van der Waals surface area (Å²) in [5.74, 6) is 1.38. The molecule has 0 spiro atoms. The number of hydrogen-bond donors (Lipinski definition) is 0. The summed E-state index contributed by atoms with van der Waals surface area (Å²) in [5, 5.41) is 6.37. The second-order valence-corrected chi connectivity index (χ2v) is 10.2. The van der Waals surface area contributed by atoms with Crippen LogP contribution in [-0.4, -0.2) is 19.2 Å². The number of fused-ring (bicyclic) bond motifs is 4. The lowest BCUT2D eigenvalue weighted by atomic mass is 9.97. The summed E-state index contributed by atoms with van der Waals surface area (Å²) in [6, 6.07) is 20.5. The topological polar surface area (TPSA) is 52.2 Å². The minimum Gasteiger partial charge on any atom is -0.268 e. The summed E-state index contributed by atoms with van der Waals surface area (Å²) in [7, 11) is 0.